The van der Waals surface area contributed by atoms with Gasteiger partial charge < -0.3 is 10.8 Å². The summed E-state index contributed by atoms with van der Waals surface area (Å²) in [5.74, 6) is 0.597. The van der Waals surface area contributed by atoms with Gasteiger partial charge in [-0.3, -0.25) is 0 Å². The summed E-state index contributed by atoms with van der Waals surface area (Å²) >= 11 is 1.72. The van der Waals surface area contributed by atoms with Gasteiger partial charge in [-0.15, -0.1) is 6.58 Å². The molecule has 1 rings (SSSR count). The van der Waals surface area contributed by atoms with Crippen molar-refractivity contribution in [1.29, 1.82) is 0 Å². The molecule has 4 nitrogen and oxygen atoms in total. The molecule has 0 aliphatic rings. The lowest BCUT2D eigenvalue weighted by atomic mass is 10.1. The van der Waals surface area contributed by atoms with Crippen LogP contribution in [-0.4, -0.2) is 21.1 Å². The molecule has 21 heavy (non-hydrogen) atoms. The minimum Gasteiger partial charge on any atom is -0.516 e. The lowest BCUT2D eigenvalue weighted by Crippen LogP contribution is -2.14. The predicted octanol–water partition coefficient (Wildman–Crippen LogP) is 4.44. The van der Waals surface area contributed by atoms with E-state index >= 15 is 0 Å². The van der Waals surface area contributed by atoms with Crippen molar-refractivity contribution in [3.63, 3.8) is 0 Å². The molecule has 0 bridgehead atoms. The normalized spacial score (nSPS) is 13.2. The molecule has 1 aromatic rings. The fraction of sp³-hybridized carbons (Fsp3) is 0.438. The Morgan fingerprint density at radius 1 is 1.43 bits per heavy atom. The molecular formula is C16H27N3OS. The maximum atomic E-state index is 8.61. The minimum absolute atomic E-state index is 0.0835. The van der Waals surface area contributed by atoms with Crippen molar-refractivity contribution in [3.05, 3.63) is 48.9 Å². The number of nitrogen functional groups attached to an aromatic ring is 1. The average molecular weight is 309 g/mol. The molecule has 1 atom stereocenters. The number of aromatic nitrogens is 2. The number of rotatable bonds is 6. The molecule has 1 heterocycles. The van der Waals surface area contributed by atoms with Crippen LogP contribution in [0.3, 0.4) is 0 Å². The van der Waals surface area contributed by atoms with Crippen molar-refractivity contribution >= 4 is 17.6 Å². The van der Waals surface area contributed by atoms with E-state index < -0.39 is 0 Å². The van der Waals surface area contributed by atoms with Gasteiger partial charge in [-0.25, -0.2) is 4.68 Å². The Hall–Kier alpha value is -1.62. The fourth-order valence-electron chi connectivity index (χ4n) is 1.53. The summed E-state index contributed by atoms with van der Waals surface area (Å²) in [7, 11) is 0. The van der Waals surface area contributed by atoms with Crippen LogP contribution in [0.1, 0.15) is 39.4 Å². The van der Waals surface area contributed by atoms with E-state index in [2.05, 4.69) is 25.5 Å². The highest BCUT2D eigenvalue weighted by molar-refractivity contribution is 7.99. The second-order valence-electron chi connectivity index (χ2n) is 4.57. The third-order valence-electron chi connectivity index (χ3n) is 2.92. The highest BCUT2D eigenvalue weighted by Gasteiger charge is 2.24. The molecule has 0 spiro atoms. The molecule has 0 fully saturated rings. The van der Waals surface area contributed by atoms with Gasteiger partial charge in [0.05, 0.1) is 22.7 Å². The van der Waals surface area contributed by atoms with Crippen molar-refractivity contribution in [2.24, 2.45) is 0 Å². The Balaban J connectivity index is 0.00000191. The number of nitrogens with zero attached hydrogens (tertiary/aromatic N) is 2. The number of aliphatic hydroxyl groups is 1. The van der Waals surface area contributed by atoms with Gasteiger partial charge in [0.2, 0.25) is 0 Å². The smallest absolute Gasteiger partial charge is 0.123 e. The van der Waals surface area contributed by atoms with Crippen LogP contribution in [0.25, 0.3) is 0 Å². The summed E-state index contributed by atoms with van der Waals surface area (Å²) in [5, 5.41) is 13.2. The molecule has 0 amide bonds. The zero-order valence-corrected chi connectivity index (χ0v) is 14.4. The summed E-state index contributed by atoms with van der Waals surface area (Å²) < 4.78 is 1.64. The second kappa shape index (κ2) is 9.34. The Morgan fingerprint density at radius 2 is 2.05 bits per heavy atom. The molecule has 5 heteroatoms. The maximum absolute atomic E-state index is 8.61. The van der Waals surface area contributed by atoms with Gasteiger partial charge in [-0.1, -0.05) is 32.1 Å². The van der Waals surface area contributed by atoms with E-state index in [0.717, 1.165) is 12.0 Å². The van der Waals surface area contributed by atoms with Gasteiger partial charge in [0.1, 0.15) is 5.82 Å². The monoisotopic (exact) mass is 309 g/mol. The first kappa shape index (κ1) is 19.4. The molecule has 0 saturated carbocycles. The van der Waals surface area contributed by atoms with E-state index in [-0.39, 0.29) is 10.8 Å². The molecule has 118 valence electrons. The molecular weight excluding hydrogens is 282 g/mol. The zero-order chi connectivity index (χ0) is 16.5. The maximum Gasteiger partial charge on any atom is 0.123 e. The summed E-state index contributed by atoms with van der Waals surface area (Å²) in [4.78, 5) is 0. The first-order valence-corrected chi connectivity index (χ1v) is 8.19. The topological polar surface area (TPSA) is 64.1 Å². The lowest BCUT2D eigenvalue weighted by molar-refractivity contribution is 0.473. The van der Waals surface area contributed by atoms with Crippen LogP contribution < -0.4 is 5.73 Å². The van der Waals surface area contributed by atoms with E-state index in [1.807, 2.05) is 32.2 Å². The van der Waals surface area contributed by atoms with E-state index in [4.69, 9.17) is 10.8 Å². The SMILES string of the molecule is C=CC(C=C/C=C/O)n1nc(C(C)(C)SC)cc1N.CC. The van der Waals surface area contributed by atoms with Crippen LogP contribution in [0.2, 0.25) is 0 Å². The van der Waals surface area contributed by atoms with Gasteiger partial charge in [0.15, 0.2) is 0 Å². The van der Waals surface area contributed by atoms with Crippen molar-refractivity contribution in [1.82, 2.24) is 9.78 Å². The van der Waals surface area contributed by atoms with Crippen LogP contribution in [0.4, 0.5) is 5.82 Å². The number of hydrogen-bond acceptors (Lipinski definition) is 4. The first-order chi connectivity index (χ1) is 9.96. The number of nitrogens with two attached hydrogens (primary N) is 1. The number of anilines is 1. The van der Waals surface area contributed by atoms with Crippen molar-refractivity contribution in [2.75, 3.05) is 12.0 Å². The van der Waals surface area contributed by atoms with Crippen LogP contribution >= 0.6 is 11.8 Å². The molecule has 0 aliphatic carbocycles. The van der Waals surface area contributed by atoms with Gasteiger partial charge in [-0.2, -0.15) is 16.9 Å². The van der Waals surface area contributed by atoms with E-state index in [1.54, 1.807) is 28.6 Å². The Bertz CT molecular complexity index is 490. The zero-order valence-electron chi connectivity index (χ0n) is 13.6. The van der Waals surface area contributed by atoms with Crippen LogP contribution in [0.5, 0.6) is 0 Å². The van der Waals surface area contributed by atoms with Crippen LogP contribution in [-0.2, 0) is 4.75 Å². The van der Waals surface area contributed by atoms with Gasteiger partial charge in [0.25, 0.3) is 0 Å². The Morgan fingerprint density at radius 3 is 2.52 bits per heavy atom. The van der Waals surface area contributed by atoms with E-state index in [0.29, 0.717) is 5.82 Å². The quantitative estimate of drug-likeness (QED) is 0.463. The highest BCUT2D eigenvalue weighted by Crippen LogP contribution is 2.34. The van der Waals surface area contributed by atoms with Gasteiger partial charge >= 0.3 is 0 Å². The van der Waals surface area contributed by atoms with Crippen molar-refractivity contribution in [3.8, 4) is 0 Å². The molecule has 0 aromatic carbocycles. The van der Waals surface area contributed by atoms with Gasteiger partial charge in [0, 0.05) is 6.07 Å². The molecule has 3 N–H and O–H groups in total. The van der Waals surface area contributed by atoms with E-state index in [9.17, 15) is 0 Å². The molecule has 0 saturated heterocycles. The molecule has 1 aromatic heterocycles. The summed E-state index contributed by atoms with van der Waals surface area (Å²) in [6, 6.07) is 1.76. The molecule has 0 aliphatic heterocycles. The summed E-state index contributed by atoms with van der Waals surface area (Å²) in [6.45, 7) is 12.0. The molecule has 1 unspecified atom stereocenters. The third kappa shape index (κ3) is 5.34. The number of hydrogen-bond donors (Lipinski definition) is 2. The molecule has 0 radical (unpaired) electrons. The number of thioether (sulfide) groups is 1. The van der Waals surface area contributed by atoms with Crippen LogP contribution in [0.15, 0.2) is 43.2 Å². The van der Waals surface area contributed by atoms with E-state index in [1.165, 1.54) is 6.08 Å². The predicted molar refractivity (Wildman–Crippen MR) is 94.7 cm³/mol. The van der Waals surface area contributed by atoms with Crippen LogP contribution in [0, 0.1) is 0 Å². The summed E-state index contributed by atoms with van der Waals surface area (Å²) in [6.07, 6.45) is 9.90. The highest BCUT2D eigenvalue weighted by atomic mass is 32.2. The lowest BCUT2D eigenvalue weighted by Gasteiger charge is -2.19. The van der Waals surface area contributed by atoms with Crippen molar-refractivity contribution in [2.45, 2.75) is 38.5 Å². The number of allylic oxidation sites excluding steroid dienone is 4. The Kier molecular flexibility index (Phi) is 8.62. The summed E-state index contributed by atoms with van der Waals surface area (Å²) in [5.41, 5.74) is 6.96. The average Bonchev–Trinajstić information content (AvgIpc) is 2.88. The fourth-order valence-corrected chi connectivity index (χ4v) is 1.84. The first-order valence-electron chi connectivity index (χ1n) is 6.97. The Labute approximate surface area is 132 Å². The van der Waals surface area contributed by atoms with Crippen molar-refractivity contribution < 1.29 is 5.11 Å². The minimum atomic E-state index is -0.136. The third-order valence-corrected chi connectivity index (χ3v) is 4.15. The largest absolute Gasteiger partial charge is 0.516 e. The van der Waals surface area contributed by atoms with Gasteiger partial charge in [-0.05, 0) is 26.2 Å². The second-order valence-corrected chi connectivity index (χ2v) is 6.00. The number of aliphatic hydroxyl groups excluding tert-OH is 1. The standard InChI is InChI=1S/C14H21N3OS.C2H6/c1-5-11(8-6-7-9-18)17-13(15)10-12(16-17)14(2,3)19-4;1-2/h5-11,18H,1,15H2,2-4H3;1-2H3/b8-6?,9-7+;.